The van der Waals surface area contributed by atoms with Gasteiger partial charge in [-0.3, -0.25) is 9.59 Å². The number of benzene rings is 3. The van der Waals surface area contributed by atoms with Gasteiger partial charge in [0.2, 0.25) is 5.41 Å². The number of aromatic nitrogens is 2. The predicted octanol–water partition coefficient (Wildman–Crippen LogP) is 4.82. The van der Waals surface area contributed by atoms with Crippen LogP contribution in [0.15, 0.2) is 79.1 Å². The van der Waals surface area contributed by atoms with Gasteiger partial charge >= 0.3 is 11.9 Å². The minimum atomic E-state index is -1.76. The highest BCUT2D eigenvalue weighted by Gasteiger charge is 2.63. The predicted molar refractivity (Wildman–Crippen MR) is 130 cm³/mol. The Morgan fingerprint density at radius 1 is 0.941 bits per heavy atom. The first-order chi connectivity index (χ1) is 16.5. The molecular formula is C28H24N2O4. The first kappa shape index (κ1) is 21.6. The summed E-state index contributed by atoms with van der Waals surface area (Å²) in [6.45, 7) is 1.99. The molecule has 4 aromatic rings. The molecule has 6 heteroatoms. The molecular weight excluding hydrogens is 428 g/mol. The number of rotatable bonds is 4. The highest BCUT2D eigenvalue weighted by atomic mass is 16.5. The summed E-state index contributed by atoms with van der Waals surface area (Å²) in [6.07, 6.45) is 3.55. The van der Waals surface area contributed by atoms with Crippen molar-refractivity contribution < 1.29 is 19.1 Å². The molecule has 0 radical (unpaired) electrons. The maximum atomic E-state index is 13.7. The van der Waals surface area contributed by atoms with Crippen molar-refractivity contribution >= 4 is 34.6 Å². The van der Waals surface area contributed by atoms with E-state index in [2.05, 4.69) is 4.98 Å². The topological polar surface area (TPSA) is 70.4 Å². The van der Waals surface area contributed by atoms with Gasteiger partial charge in [0.15, 0.2) is 0 Å². The van der Waals surface area contributed by atoms with E-state index in [-0.39, 0.29) is 0 Å². The molecule has 34 heavy (non-hydrogen) atoms. The number of hydrogen-bond acceptors (Lipinski definition) is 5. The number of methoxy groups -OCH3 is 2. The van der Waals surface area contributed by atoms with Crippen LogP contribution in [0.1, 0.15) is 28.3 Å². The van der Waals surface area contributed by atoms with E-state index in [0.29, 0.717) is 5.57 Å². The molecule has 1 aliphatic carbocycles. The van der Waals surface area contributed by atoms with Gasteiger partial charge in [0, 0.05) is 0 Å². The summed E-state index contributed by atoms with van der Waals surface area (Å²) in [4.78, 5) is 32.0. The summed E-state index contributed by atoms with van der Waals surface area (Å²) in [5.41, 5.74) is 3.87. The quantitative estimate of drug-likeness (QED) is 0.328. The molecule has 3 aromatic carbocycles. The standard InChI is InChI=1S/C28H24N2O4/c1-18-13-14-23-24(15-18)30(17-29-23)25-21-12-8-7-11-20(21)22(16-19-9-5-4-6-10-19)28(25,26(31)33-2)27(32)34-3/h4-17,25H,1-3H3/b22-16-. The summed E-state index contributed by atoms with van der Waals surface area (Å²) in [6, 6.07) is 22.4. The van der Waals surface area contributed by atoms with E-state index >= 15 is 0 Å². The van der Waals surface area contributed by atoms with Crippen molar-refractivity contribution in [1.82, 2.24) is 9.55 Å². The zero-order valence-corrected chi connectivity index (χ0v) is 19.2. The Bertz CT molecular complexity index is 1420. The molecule has 1 aliphatic rings. The average molecular weight is 453 g/mol. The van der Waals surface area contributed by atoms with Gasteiger partial charge in [-0.05, 0) is 53.0 Å². The van der Waals surface area contributed by atoms with Crippen LogP contribution in [0.2, 0.25) is 0 Å². The van der Waals surface area contributed by atoms with Crippen molar-refractivity contribution in [2.24, 2.45) is 5.41 Å². The number of hydrogen-bond donors (Lipinski definition) is 0. The third-order valence-corrected chi connectivity index (χ3v) is 6.51. The van der Waals surface area contributed by atoms with E-state index in [1.807, 2.05) is 90.4 Å². The number of ether oxygens (including phenoxy) is 2. The summed E-state index contributed by atoms with van der Waals surface area (Å²) < 4.78 is 12.5. The smallest absolute Gasteiger partial charge is 0.330 e. The van der Waals surface area contributed by atoms with Crippen molar-refractivity contribution in [3.8, 4) is 0 Å². The van der Waals surface area contributed by atoms with Crippen molar-refractivity contribution in [1.29, 1.82) is 0 Å². The molecule has 0 bridgehead atoms. The molecule has 0 amide bonds. The molecule has 0 saturated carbocycles. The Balaban J connectivity index is 1.90. The average Bonchev–Trinajstić information content (AvgIpc) is 3.40. The molecule has 0 fully saturated rings. The third kappa shape index (κ3) is 3.06. The van der Waals surface area contributed by atoms with Crippen molar-refractivity contribution in [3.05, 3.63) is 101 Å². The van der Waals surface area contributed by atoms with E-state index in [1.54, 1.807) is 6.33 Å². The van der Waals surface area contributed by atoms with Gasteiger partial charge in [0.1, 0.15) is 0 Å². The monoisotopic (exact) mass is 452 g/mol. The second kappa shape index (κ2) is 8.30. The maximum Gasteiger partial charge on any atom is 0.330 e. The Morgan fingerprint density at radius 3 is 2.32 bits per heavy atom. The lowest BCUT2D eigenvalue weighted by Gasteiger charge is -2.32. The van der Waals surface area contributed by atoms with Crippen LogP contribution in [-0.2, 0) is 19.1 Å². The van der Waals surface area contributed by atoms with Crippen LogP contribution in [0.5, 0.6) is 0 Å². The van der Waals surface area contributed by atoms with Crippen LogP contribution in [0, 0.1) is 12.3 Å². The number of aryl methyl sites for hydroxylation is 1. The van der Waals surface area contributed by atoms with Gasteiger partial charge < -0.3 is 14.0 Å². The first-order valence-electron chi connectivity index (χ1n) is 11.0. The molecule has 0 saturated heterocycles. The Labute approximate surface area is 197 Å². The van der Waals surface area contributed by atoms with E-state index < -0.39 is 23.4 Å². The van der Waals surface area contributed by atoms with Crippen LogP contribution in [0.3, 0.4) is 0 Å². The van der Waals surface area contributed by atoms with Crippen LogP contribution in [0.25, 0.3) is 22.7 Å². The van der Waals surface area contributed by atoms with Crippen LogP contribution in [0.4, 0.5) is 0 Å². The second-order valence-electron chi connectivity index (χ2n) is 8.39. The van der Waals surface area contributed by atoms with Crippen molar-refractivity contribution in [2.45, 2.75) is 13.0 Å². The molecule has 1 aromatic heterocycles. The zero-order chi connectivity index (χ0) is 23.9. The summed E-state index contributed by atoms with van der Waals surface area (Å²) in [5, 5.41) is 0. The lowest BCUT2D eigenvalue weighted by Crippen LogP contribution is -2.46. The fourth-order valence-corrected chi connectivity index (χ4v) is 5.03. The zero-order valence-electron chi connectivity index (χ0n) is 19.2. The summed E-state index contributed by atoms with van der Waals surface area (Å²) in [7, 11) is 2.59. The van der Waals surface area contributed by atoms with E-state index in [9.17, 15) is 9.59 Å². The highest BCUT2D eigenvalue weighted by molar-refractivity contribution is 6.18. The molecule has 0 spiro atoms. The minimum absolute atomic E-state index is 0.535. The van der Waals surface area contributed by atoms with Gasteiger partial charge in [-0.2, -0.15) is 0 Å². The van der Waals surface area contributed by atoms with Crippen LogP contribution in [-0.4, -0.2) is 35.7 Å². The Morgan fingerprint density at radius 2 is 1.62 bits per heavy atom. The minimum Gasteiger partial charge on any atom is -0.468 e. The number of esters is 2. The lowest BCUT2D eigenvalue weighted by molar-refractivity contribution is -0.165. The molecule has 5 rings (SSSR count). The highest BCUT2D eigenvalue weighted by Crippen LogP contribution is 2.58. The largest absolute Gasteiger partial charge is 0.468 e. The molecule has 6 nitrogen and oxygen atoms in total. The van der Waals surface area contributed by atoms with Crippen LogP contribution < -0.4 is 0 Å². The first-order valence-corrected chi connectivity index (χ1v) is 11.0. The molecule has 1 unspecified atom stereocenters. The van der Waals surface area contributed by atoms with Gasteiger partial charge in [-0.1, -0.05) is 60.7 Å². The summed E-state index contributed by atoms with van der Waals surface area (Å²) in [5.74, 6) is -1.37. The molecule has 0 N–H and O–H groups in total. The fourth-order valence-electron chi connectivity index (χ4n) is 5.03. The van der Waals surface area contributed by atoms with Gasteiger partial charge in [0.25, 0.3) is 0 Å². The van der Waals surface area contributed by atoms with Crippen molar-refractivity contribution in [2.75, 3.05) is 14.2 Å². The number of imidazole rings is 1. The van der Waals surface area contributed by atoms with Gasteiger partial charge in [0.05, 0.1) is 37.6 Å². The molecule has 170 valence electrons. The lowest BCUT2D eigenvalue weighted by atomic mass is 9.76. The molecule has 1 atom stereocenters. The van der Waals surface area contributed by atoms with E-state index in [4.69, 9.17) is 9.47 Å². The number of carbonyl (C=O) groups is 2. The van der Waals surface area contributed by atoms with Crippen LogP contribution >= 0.6 is 0 Å². The normalized spacial score (nSPS) is 17.5. The maximum absolute atomic E-state index is 13.7. The number of fused-ring (bicyclic) bond motifs is 2. The Hall–Kier alpha value is -4.19. The summed E-state index contributed by atoms with van der Waals surface area (Å²) >= 11 is 0. The Kier molecular flexibility index (Phi) is 5.28. The van der Waals surface area contributed by atoms with E-state index in [1.165, 1.54) is 14.2 Å². The number of nitrogens with zero attached hydrogens (tertiary/aromatic N) is 2. The second-order valence-corrected chi connectivity index (χ2v) is 8.39. The fraction of sp³-hybridized carbons (Fsp3) is 0.179. The van der Waals surface area contributed by atoms with Gasteiger partial charge in [-0.15, -0.1) is 0 Å². The number of carbonyl (C=O) groups excluding carboxylic acids is 2. The van der Waals surface area contributed by atoms with Crippen molar-refractivity contribution in [3.63, 3.8) is 0 Å². The molecule has 0 aliphatic heterocycles. The van der Waals surface area contributed by atoms with Gasteiger partial charge in [-0.25, -0.2) is 4.98 Å². The van der Waals surface area contributed by atoms with E-state index in [0.717, 1.165) is 33.3 Å². The third-order valence-electron chi connectivity index (χ3n) is 6.51. The SMILES string of the molecule is COC(=O)C1(C(=O)OC)/C(=C\c2ccccc2)c2ccccc2C1n1cnc2ccc(C)cc21. The molecule has 1 heterocycles.